The van der Waals surface area contributed by atoms with Crippen LogP contribution in [0.5, 0.6) is 5.75 Å². The summed E-state index contributed by atoms with van der Waals surface area (Å²) in [6.45, 7) is 1.57. The summed E-state index contributed by atoms with van der Waals surface area (Å²) in [5, 5.41) is 3.50. The molecule has 3 aromatic carbocycles. The number of methoxy groups -OCH3 is 1. The van der Waals surface area contributed by atoms with E-state index in [9.17, 15) is 4.79 Å². The smallest absolute Gasteiger partial charge is 0.246 e. The number of benzene rings is 3. The fraction of sp³-hybridized carbons (Fsp3) is 0.208. The molecule has 1 unspecified atom stereocenters. The summed E-state index contributed by atoms with van der Waals surface area (Å²) in [4.78, 5) is 15.6. The summed E-state index contributed by atoms with van der Waals surface area (Å²) < 4.78 is 5.20. The molecule has 5 heteroatoms. The zero-order valence-corrected chi connectivity index (χ0v) is 17.0. The molecule has 3 aromatic rings. The molecule has 1 aliphatic heterocycles. The summed E-state index contributed by atoms with van der Waals surface area (Å²) in [5.41, 5.74) is 4.26. The van der Waals surface area contributed by atoms with Gasteiger partial charge in [0.15, 0.2) is 0 Å². The van der Waals surface area contributed by atoms with Crippen LogP contribution in [0.25, 0.3) is 0 Å². The first-order chi connectivity index (χ1) is 14.2. The predicted octanol–water partition coefficient (Wildman–Crippen LogP) is 5.09. The van der Waals surface area contributed by atoms with Gasteiger partial charge in [0, 0.05) is 18.8 Å². The Morgan fingerprint density at radius 3 is 2.48 bits per heavy atom. The Balaban J connectivity index is 1.61. The number of nitrogens with one attached hydrogen (secondary N) is 1. The number of halogens is 1. The first-order valence-corrected chi connectivity index (χ1v) is 10.0. The number of hydrogen-bond acceptors (Lipinski definition) is 3. The second-order valence-corrected chi connectivity index (χ2v) is 7.55. The molecular weight excluding hydrogens is 384 g/mol. The van der Waals surface area contributed by atoms with E-state index in [0.29, 0.717) is 16.5 Å². The van der Waals surface area contributed by atoms with Crippen LogP contribution in [0.3, 0.4) is 0 Å². The molecule has 0 saturated carbocycles. The van der Waals surface area contributed by atoms with Gasteiger partial charge in [-0.2, -0.15) is 0 Å². The summed E-state index contributed by atoms with van der Waals surface area (Å²) in [6, 6.07) is 23.2. The molecule has 0 spiro atoms. The summed E-state index contributed by atoms with van der Waals surface area (Å²) in [5.74, 6) is 0.508. The number of hydrogen-bond donors (Lipinski definition) is 1. The maximum atomic E-state index is 13.4. The Morgan fingerprint density at radius 1 is 1.03 bits per heavy atom. The van der Waals surface area contributed by atoms with Crippen molar-refractivity contribution < 1.29 is 9.53 Å². The fourth-order valence-electron chi connectivity index (χ4n) is 3.86. The molecular formula is C24H23ClN2O2. The number of carbonyl (C=O) groups excluding carboxylic acids is 1. The third-order valence-electron chi connectivity index (χ3n) is 5.31. The van der Waals surface area contributed by atoms with Gasteiger partial charge in [0.05, 0.1) is 12.1 Å². The Morgan fingerprint density at radius 2 is 1.76 bits per heavy atom. The first kappa shape index (κ1) is 19.5. The zero-order valence-electron chi connectivity index (χ0n) is 16.3. The van der Waals surface area contributed by atoms with Crippen LogP contribution >= 0.6 is 11.6 Å². The van der Waals surface area contributed by atoms with E-state index in [1.807, 2.05) is 30.3 Å². The van der Waals surface area contributed by atoms with Gasteiger partial charge in [0.1, 0.15) is 11.8 Å². The summed E-state index contributed by atoms with van der Waals surface area (Å²) in [6.07, 6.45) is 0.932. The number of rotatable bonds is 5. The van der Waals surface area contributed by atoms with Crippen molar-refractivity contribution in [3.8, 4) is 5.75 Å². The molecule has 4 nitrogen and oxygen atoms in total. The third kappa shape index (κ3) is 4.29. The van der Waals surface area contributed by atoms with Crippen molar-refractivity contribution in [3.05, 3.63) is 94.5 Å². The molecule has 4 rings (SSSR count). The van der Waals surface area contributed by atoms with Crippen LogP contribution in [0.1, 0.15) is 22.7 Å². The second-order valence-electron chi connectivity index (χ2n) is 7.14. The van der Waals surface area contributed by atoms with E-state index >= 15 is 0 Å². The maximum Gasteiger partial charge on any atom is 0.246 e. The monoisotopic (exact) mass is 406 g/mol. The van der Waals surface area contributed by atoms with Crippen molar-refractivity contribution in [2.75, 3.05) is 19.0 Å². The molecule has 0 bridgehead atoms. The molecule has 29 heavy (non-hydrogen) atoms. The van der Waals surface area contributed by atoms with Crippen LogP contribution in [0.15, 0.2) is 72.8 Å². The third-order valence-corrected chi connectivity index (χ3v) is 5.60. The van der Waals surface area contributed by atoms with E-state index in [1.54, 1.807) is 25.3 Å². The van der Waals surface area contributed by atoms with Gasteiger partial charge in [-0.3, -0.25) is 9.69 Å². The lowest BCUT2D eigenvalue weighted by molar-refractivity contribution is -0.122. The maximum absolute atomic E-state index is 13.4. The van der Waals surface area contributed by atoms with E-state index in [0.717, 1.165) is 25.1 Å². The first-order valence-electron chi connectivity index (χ1n) is 9.66. The molecule has 0 fully saturated rings. The van der Waals surface area contributed by atoms with E-state index in [1.165, 1.54) is 11.1 Å². The van der Waals surface area contributed by atoms with Crippen molar-refractivity contribution in [1.29, 1.82) is 0 Å². The van der Waals surface area contributed by atoms with Crippen LogP contribution in [0, 0.1) is 0 Å². The highest BCUT2D eigenvalue weighted by Crippen LogP contribution is 2.31. The van der Waals surface area contributed by atoms with Crippen LogP contribution in [0.2, 0.25) is 5.02 Å². The van der Waals surface area contributed by atoms with E-state index in [2.05, 4.69) is 34.5 Å². The van der Waals surface area contributed by atoms with E-state index < -0.39 is 0 Å². The lowest BCUT2D eigenvalue weighted by Crippen LogP contribution is -2.40. The highest BCUT2D eigenvalue weighted by atomic mass is 35.5. The Kier molecular flexibility index (Phi) is 5.84. The van der Waals surface area contributed by atoms with Gasteiger partial charge in [-0.1, -0.05) is 66.2 Å². The van der Waals surface area contributed by atoms with Crippen LogP contribution < -0.4 is 10.1 Å². The standard InChI is InChI=1S/C24H23ClN2O2/c1-29-22-12-11-20(15-21(22)25)26-24(28)23(18-8-3-2-4-9-18)27-14-13-17-7-5-6-10-19(17)16-27/h2-12,15,23H,13-14,16H2,1H3,(H,26,28). The van der Waals surface area contributed by atoms with Crippen LogP contribution in [-0.2, 0) is 17.8 Å². The summed E-state index contributed by atoms with van der Waals surface area (Å²) >= 11 is 6.23. The van der Waals surface area contributed by atoms with E-state index in [4.69, 9.17) is 16.3 Å². The number of anilines is 1. The SMILES string of the molecule is COc1ccc(NC(=O)C(c2ccccc2)N2CCc3ccccc3C2)cc1Cl. The largest absolute Gasteiger partial charge is 0.495 e. The number of amides is 1. The normalized spacial score (nSPS) is 14.7. The van der Waals surface area contributed by atoms with Crippen molar-refractivity contribution in [2.24, 2.45) is 0 Å². The minimum absolute atomic E-state index is 0.0724. The van der Waals surface area contributed by atoms with Crippen molar-refractivity contribution in [3.63, 3.8) is 0 Å². The number of ether oxygens (including phenoxy) is 1. The molecule has 1 aliphatic rings. The molecule has 148 valence electrons. The van der Waals surface area contributed by atoms with E-state index in [-0.39, 0.29) is 11.9 Å². The van der Waals surface area contributed by atoms with Crippen LogP contribution in [-0.4, -0.2) is 24.5 Å². The van der Waals surface area contributed by atoms with Gasteiger partial charge in [0.25, 0.3) is 0 Å². The van der Waals surface area contributed by atoms with Gasteiger partial charge in [-0.15, -0.1) is 0 Å². The topological polar surface area (TPSA) is 41.6 Å². The van der Waals surface area contributed by atoms with Gasteiger partial charge in [-0.05, 0) is 41.3 Å². The average Bonchev–Trinajstić information content (AvgIpc) is 2.75. The number of nitrogens with zero attached hydrogens (tertiary/aromatic N) is 1. The molecule has 0 aromatic heterocycles. The Bertz CT molecular complexity index is 1010. The van der Waals surface area contributed by atoms with Crippen molar-refractivity contribution in [2.45, 2.75) is 19.0 Å². The highest BCUT2D eigenvalue weighted by Gasteiger charge is 2.30. The molecule has 1 atom stereocenters. The second kappa shape index (κ2) is 8.68. The molecule has 1 amide bonds. The molecule has 0 radical (unpaired) electrons. The highest BCUT2D eigenvalue weighted by molar-refractivity contribution is 6.32. The van der Waals surface area contributed by atoms with Crippen molar-refractivity contribution >= 4 is 23.2 Å². The zero-order chi connectivity index (χ0) is 20.2. The van der Waals surface area contributed by atoms with Crippen LogP contribution in [0.4, 0.5) is 5.69 Å². The Labute approximate surface area is 176 Å². The van der Waals surface area contributed by atoms with Crippen molar-refractivity contribution in [1.82, 2.24) is 4.90 Å². The lowest BCUT2D eigenvalue weighted by atomic mass is 9.96. The minimum Gasteiger partial charge on any atom is -0.495 e. The van der Waals surface area contributed by atoms with Gasteiger partial charge < -0.3 is 10.1 Å². The lowest BCUT2D eigenvalue weighted by Gasteiger charge is -2.35. The molecule has 0 saturated heterocycles. The fourth-order valence-corrected chi connectivity index (χ4v) is 4.11. The molecule has 1 heterocycles. The average molecular weight is 407 g/mol. The molecule has 0 aliphatic carbocycles. The molecule has 1 N–H and O–H groups in total. The van der Waals surface area contributed by atoms with Gasteiger partial charge in [0.2, 0.25) is 5.91 Å². The predicted molar refractivity (Wildman–Crippen MR) is 116 cm³/mol. The van der Waals surface area contributed by atoms with Gasteiger partial charge >= 0.3 is 0 Å². The number of carbonyl (C=O) groups is 1. The Hall–Kier alpha value is -2.82. The minimum atomic E-state index is -0.384. The quantitative estimate of drug-likeness (QED) is 0.641. The van der Waals surface area contributed by atoms with Gasteiger partial charge in [-0.25, -0.2) is 0 Å². The number of fused-ring (bicyclic) bond motifs is 1. The summed E-state index contributed by atoms with van der Waals surface area (Å²) in [7, 11) is 1.57.